The number of hydrogen-bond acceptors (Lipinski definition) is 4. The van der Waals surface area contributed by atoms with Crippen molar-refractivity contribution in [2.75, 3.05) is 19.8 Å². The molecule has 0 radical (unpaired) electrons. The minimum Gasteiger partial charge on any atom is -0.486 e. The summed E-state index contributed by atoms with van der Waals surface area (Å²) >= 11 is 0. The number of benzene rings is 2. The molecule has 0 spiro atoms. The summed E-state index contributed by atoms with van der Waals surface area (Å²) in [6, 6.07) is 12.7. The summed E-state index contributed by atoms with van der Waals surface area (Å²) in [4.78, 5) is 0.291. The van der Waals surface area contributed by atoms with Crippen molar-refractivity contribution in [2.24, 2.45) is 0 Å². The molecule has 0 saturated heterocycles. The Kier molecular flexibility index (Phi) is 5.30. The molecule has 0 atom stereocenters. The van der Waals surface area contributed by atoms with E-state index in [0.717, 1.165) is 22.6 Å². The minimum absolute atomic E-state index is 0.291. The summed E-state index contributed by atoms with van der Waals surface area (Å²) < 4.78 is 38.4. The molecule has 1 aliphatic heterocycles. The van der Waals surface area contributed by atoms with Crippen molar-refractivity contribution in [2.45, 2.75) is 31.1 Å². The highest BCUT2D eigenvalue weighted by Gasteiger charge is 2.15. The first-order valence-corrected chi connectivity index (χ1v) is 9.92. The Morgan fingerprint density at radius 3 is 2.36 bits per heavy atom. The maximum Gasteiger partial charge on any atom is 0.240 e. The average Bonchev–Trinajstić information content (AvgIpc) is 2.61. The maximum atomic E-state index is 12.4. The van der Waals surface area contributed by atoms with Crippen molar-refractivity contribution in [1.82, 2.24) is 4.72 Å². The zero-order valence-electron chi connectivity index (χ0n) is 14.5. The summed E-state index contributed by atoms with van der Waals surface area (Å²) in [6.45, 7) is 5.58. The smallest absolute Gasteiger partial charge is 0.240 e. The molecule has 2 aromatic rings. The average molecular weight is 361 g/mol. The lowest BCUT2D eigenvalue weighted by Gasteiger charge is -2.18. The van der Waals surface area contributed by atoms with E-state index in [-0.39, 0.29) is 0 Å². The Hall–Kier alpha value is -2.05. The van der Waals surface area contributed by atoms with Gasteiger partial charge >= 0.3 is 0 Å². The number of sulfonamides is 1. The highest BCUT2D eigenvalue weighted by Crippen LogP contribution is 2.30. The third kappa shape index (κ3) is 4.32. The van der Waals surface area contributed by atoms with E-state index < -0.39 is 10.0 Å². The van der Waals surface area contributed by atoms with Crippen molar-refractivity contribution in [3.8, 4) is 11.5 Å². The molecule has 134 valence electrons. The molecule has 3 rings (SSSR count). The van der Waals surface area contributed by atoms with Crippen LogP contribution in [0.1, 0.15) is 30.9 Å². The van der Waals surface area contributed by atoms with E-state index in [1.54, 1.807) is 12.1 Å². The zero-order chi connectivity index (χ0) is 17.9. The van der Waals surface area contributed by atoms with Gasteiger partial charge in [0.25, 0.3) is 0 Å². The molecular weight excluding hydrogens is 338 g/mol. The normalized spacial score (nSPS) is 13.9. The Balaban J connectivity index is 1.60. The van der Waals surface area contributed by atoms with Crippen molar-refractivity contribution in [3.05, 3.63) is 53.6 Å². The number of nitrogens with one attached hydrogen (secondary N) is 1. The molecule has 1 heterocycles. The first-order valence-electron chi connectivity index (χ1n) is 8.44. The molecule has 6 heteroatoms. The minimum atomic E-state index is -3.50. The standard InChI is InChI=1S/C19H23NO4S/c1-14(2)16-4-6-17(7-5-16)25(21,22)20-10-9-15-3-8-18-19(13-15)24-12-11-23-18/h3-8,13-14,20H,9-12H2,1-2H3. The van der Waals surface area contributed by atoms with Crippen molar-refractivity contribution < 1.29 is 17.9 Å². The van der Waals surface area contributed by atoms with Crippen LogP contribution in [0.2, 0.25) is 0 Å². The van der Waals surface area contributed by atoms with Gasteiger partial charge in [0.1, 0.15) is 13.2 Å². The van der Waals surface area contributed by atoms with Crippen molar-refractivity contribution in [3.63, 3.8) is 0 Å². The Morgan fingerprint density at radius 2 is 1.68 bits per heavy atom. The number of ether oxygens (including phenoxy) is 2. The molecular formula is C19H23NO4S. The van der Waals surface area contributed by atoms with Crippen LogP contribution in [-0.4, -0.2) is 28.2 Å². The van der Waals surface area contributed by atoms with E-state index in [9.17, 15) is 8.42 Å². The summed E-state index contributed by atoms with van der Waals surface area (Å²) in [7, 11) is -3.50. The number of fused-ring (bicyclic) bond motifs is 1. The molecule has 0 fully saturated rings. The molecule has 0 unspecified atom stereocenters. The van der Waals surface area contributed by atoms with Gasteiger partial charge in [0.2, 0.25) is 10.0 Å². The van der Waals surface area contributed by atoms with Crippen LogP contribution in [0.3, 0.4) is 0 Å². The molecule has 0 aliphatic carbocycles. The Labute approximate surface area is 149 Å². The predicted octanol–water partition coefficient (Wildman–Crippen LogP) is 3.10. The van der Waals surface area contributed by atoms with E-state index in [2.05, 4.69) is 18.6 Å². The molecule has 1 aliphatic rings. The lowest BCUT2D eigenvalue weighted by molar-refractivity contribution is 0.171. The summed E-state index contributed by atoms with van der Waals surface area (Å²) in [5, 5.41) is 0. The van der Waals surface area contributed by atoms with E-state index in [0.29, 0.717) is 37.0 Å². The predicted molar refractivity (Wildman–Crippen MR) is 96.9 cm³/mol. The van der Waals surface area contributed by atoms with E-state index >= 15 is 0 Å². The molecule has 5 nitrogen and oxygen atoms in total. The first-order chi connectivity index (χ1) is 12.0. The summed E-state index contributed by atoms with van der Waals surface area (Å²) in [6.07, 6.45) is 0.583. The second-order valence-corrected chi connectivity index (χ2v) is 8.12. The highest BCUT2D eigenvalue weighted by molar-refractivity contribution is 7.89. The van der Waals surface area contributed by atoms with Crippen LogP contribution in [0, 0.1) is 0 Å². The van der Waals surface area contributed by atoms with Gasteiger partial charge in [0.05, 0.1) is 4.90 Å². The monoisotopic (exact) mass is 361 g/mol. The van der Waals surface area contributed by atoms with E-state index in [1.165, 1.54) is 0 Å². The lowest BCUT2D eigenvalue weighted by atomic mass is 10.0. The van der Waals surface area contributed by atoms with Gasteiger partial charge in [-0.25, -0.2) is 13.1 Å². The van der Waals surface area contributed by atoms with Gasteiger partial charge in [-0.05, 0) is 47.7 Å². The van der Waals surface area contributed by atoms with Gasteiger partial charge in [-0.1, -0.05) is 32.0 Å². The van der Waals surface area contributed by atoms with Crippen molar-refractivity contribution >= 4 is 10.0 Å². The zero-order valence-corrected chi connectivity index (χ0v) is 15.3. The molecule has 1 N–H and O–H groups in total. The molecule has 25 heavy (non-hydrogen) atoms. The van der Waals surface area contributed by atoms with Crippen LogP contribution >= 0.6 is 0 Å². The number of rotatable bonds is 6. The van der Waals surface area contributed by atoms with Gasteiger partial charge in [0, 0.05) is 6.54 Å². The van der Waals surface area contributed by atoms with E-state index in [4.69, 9.17) is 9.47 Å². The van der Waals surface area contributed by atoms with Gasteiger partial charge in [0.15, 0.2) is 11.5 Å². The Bertz CT molecular complexity index is 829. The molecule has 2 aromatic carbocycles. The summed E-state index contributed by atoms with van der Waals surface area (Å²) in [5.74, 6) is 1.83. The van der Waals surface area contributed by atoms with E-state index in [1.807, 2.05) is 30.3 Å². The second kappa shape index (κ2) is 7.45. The fraction of sp³-hybridized carbons (Fsp3) is 0.368. The number of hydrogen-bond donors (Lipinski definition) is 1. The largest absolute Gasteiger partial charge is 0.486 e. The maximum absolute atomic E-state index is 12.4. The van der Waals surface area contributed by atoms with Crippen LogP contribution in [0.25, 0.3) is 0 Å². The van der Waals surface area contributed by atoms with Gasteiger partial charge in [-0.2, -0.15) is 0 Å². The van der Waals surface area contributed by atoms with Gasteiger partial charge in [-0.3, -0.25) is 0 Å². The Morgan fingerprint density at radius 1 is 1.00 bits per heavy atom. The van der Waals surface area contributed by atoms with Crippen LogP contribution in [0.4, 0.5) is 0 Å². The van der Waals surface area contributed by atoms with Gasteiger partial charge < -0.3 is 9.47 Å². The molecule has 0 saturated carbocycles. The molecule has 0 bridgehead atoms. The summed E-state index contributed by atoms with van der Waals surface area (Å²) in [5.41, 5.74) is 2.12. The second-order valence-electron chi connectivity index (χ2n) is 6.35. The van der Waals surface area contributed by atoms with Crippen LogP contribution in [-0.2, 0) is 16.4 Å². The topological polar surface area (TPSA) is 64.6 Å². The molecule has 0 aromatic heterocycles. The SMILES string of the molecule is CC(C)c1ccc(S(=O)(=O)NCCc2ccc3c(c2)OCCO3)cc1. The highest BCUT2D eigenvalue weighted by atomic mass is 32.2. The van der Waals surface area contributed by atoms with Gasteiger partial charge in [-0.15, -0.1) is 0 Å². The third-order valence-electron chi connectivity index (χ3n) is 4.17. The van der Waals surface area contributed by atoms with Crippen LogP contribution in [0.15, 0.2) is 47.4 Å². The van der Waals surface area contributed by atoms with Crippen molar-refractivity contribution in [1.29, 1.82) is 0 Å². The van der Waals surface area contributed by atoms with Crippen LogP contribution in [0.5, 0.6) is 11.5 Å². The quantitative estimate of drug-likeness (QED) is 0.859. The fourth-order valence-corrected chi connectivity index (χ4v) is 3.72. The van der Waals surface area contributed by atoms with Crippen LogP contribution < -0.4 is 14.2 Å². The fourth-order valence-electron chi connectivity index (χ4n) is 2.69. The third-order valence-corrected chi connectivity index (χ3v) is 5.65. The first kappa shape index (κ1) is 17.8. The lowest BCUT2D eigenvalue weighted by Crippen LogP contribution is -2.26. The molecule has 0 amide bonds.